The van der Waals surface area contributed by atoms with E-state index in [1.807, 2.05) is 6.07 Å². The van der Waals surface area contributed by atoms with Crippen LogP contribution in [-0.4, -0.2) is 52.9 Å². The van der Waals surface area contributed by atoms with E-state index >= 15 is 0 Å². The molecule has 10 heteroatoms. The van der Waals surface area contributed by atoms with E-state index in [1.165, 1.54) is 6.20 Å². The Morgan fingerprint density at radius 3 is 2.71 bits per heavy atom. The Bertz CT molecular complexity index is 1130. The summed E-state index contributed by atoms with van der Waals surface area (Å²) in [6.45, 7) is 3.36. The van der Waals surface area contributed by atoms with E-state index in [2.05, 4.69) is 30.5 Å². The van der Waals surface area contributed by atoms with Crippen LogP contribution in [0.3, 0.4) is 0 Å². The van der Waals surface area contributed by atoms with Crippen LogP contribution in [0.25, 0.3) is 11.3 Å². The van der Waals surface area contributed by atoms with Gasteiger partial charge in [0.15, 0.2) is 11.5 Å². The molecule has 0 radical (unpaired) electrons. The zero-order valence-electron chi connectivity index (χ0n) is 16.7. The molecule has 1 fully saturated rings. The van der Waals surface area contributed by atoms with Gasteiger partial charge in [0.25, 0.3) is 5.91 Å². The molecule has 10 nitrogen and oxygen atoms in total. The van der Waals surface area contributed by atoms with Gasteiger partial charge >= 0.3 is 0 Å². The van der Waals surface area contributed by atoms with Crippen LogP contribution in [0, 0.1) is 0 Å². The van der Waals surface area contributed by atoms with Gasteiger partial charge < -0.3 is 27.0 Å². The third-order valence-electron chi connectivity index (χ3n) is 4.96. The maximum atomic E-state index is 13.0. The van der Waals surface area contributed by atoms with Crippen molar-refractivity contribution in [3.05, 3.63) is 60.2 Å². The minimum Gasteiger partial charge on any atom is -0.382 e. The second-order valence-electron chi connectivity index (χ2n) is 7.02. The number of primary amides is 1. The van der Waals surface area contributed by atoms with Gasteiger partial charge in [0.1, 0.15) is 0 Å². The van der Waals surface area contributed by atoms with Crippen LogP contribution in [0.4, 0.5) is 17.2 Å². The van der Waals surface area contributed by atoms with Gasteiger partial charge in [0, 0.05) is 43.5 Å². The number of nitrogens with one attached hydrogen (secondary N) is 2. The summed E-state index contributed by atoms with van der Waals surface area (Å²) >= 11 is 0. The highest BCUT2D eigenvalue weighted by Gasteiger charge is 2.19. The van der Waals surface area contributed by atoms with Gasteiger partial charge in [0.05, 0.1) is 29.5 Å². The largest absolute Gasteiger partial charge is 0.382 e. The molecule has 6 N–H and O–H groups in total. The highest BCUT2D eigenvalue weighted by atomic mass is 16.2. The molecule has 2 amide bonds. The molecule has 3 heterocycles. The lowest BCUT2D eigenvalue weighted by Gasteiger charge is -2.30. The highest BCUT2D eigenvalue weighted by Crippen LogP contribution is 2.26. The average molecular weight is 418 g/mol. The zero-order valence-corrected chi connectivity index (χ0v) is 16.7. The standard InChI is InChI=1S/C21H22N8O2/c22-19-18(27-15(12-26-19)13-2-1-3-14(10-13)20(23)30)21(31)28-16-11-25-5-4-17(16)29-8-6-24-7-9-29/h1-5,10-12,24H,6-9H2,(H2,22,26)(H2,23,30)(H,28,31). The maximum absolute atomic E-state index is 13.0. The first-order valence-corrected chi connectivity index (χ1v) is 9.76. The summed E-state index contributed by atoms with van der Waals surface area (Å²) in [5, 5.41) is 6.16. The molecule has 2 aromatic heterocycles. The third-order valence-corrected chi connectivity index (χ3v) is 4.96. The van der Waals surface area contributed by atoms with Crippen molar-refractivity contribution in [2.45, 2.75) is 0 Å². The van der Waals surface area contributed by atoms with Crippen LogP contribution in [0.2, 0.25) is 0 Å². The first kappa shape index (κ1) is 20.2. The molecule has 0 saturated carbocycles. The lowest BCUT2D eigenvalue weighted by Crippen LogP contribution is -2.43. The Morgan fingerprint density at radius 1 is 1.13 bits per heavy atom. The number of carbonyl (C=O) groups is 2. The van der Waals surface area contributed by atoms with E-state index in [1.54, 1.807) is 36.7 Å². The zero-order chi connectivity index (χ0) is 21.8. The number of nitrogens with zero attached hydrogens (tertiary/aromatic N) is 4. The van der Waals surface area contributed by atoms with Crippen molar-refractivity contribution < 1.29 is 9.59 Å². The molecule has 0 spiro atoms. The summed E-state index contributed by atoms with van der Waals surface area (Å²) in [6, 6.07) is 8.49. The number of aromatic nitrogens is 3. The SMILES string of the molecule is NC(=O)c1cccc(-c2cnc(N)c(C(=O)Nc3cnccc3N3CCNCC3)n2)c1. The molecule has 31 heavy (non-hydrogen) atoms. The fourth-order valence-electron chi connectivity index (χ4n) is 3.38. The van der Waals surface area contributed by atoms with Crippen LogP contribution < -0.4 is 27.0 Å². The van der Waals surface area contributed by atoms with Gasteiger partial charge in [-0.1, -0.05) is 12.1 Å². The van der Waals surface area contributed by atoms with E-state index in [0.29, 0.717) is 22.5 Å². The van der Waals surface area contributed by atoms with Crippen molar-refractivity contribution in [2.75, 3.05) is 42.1 Å². The highest BCUT2D eigenvalue weighted by molar-refractivity contribution is 6.07. The molecule has 0 bridgehead atoms. The summed E-state index contributed by atoms with van der Waals surface area (Å²) in [5.74, 6) is -1.05. The van der Waals surface area contributed by atoms with Crippen LogP contribution >= 0.6 is 0 Å². The molecule has 1 aliphatic heterocycles. The Morgan fingerprint density at radius 2 is 1.94 bits per heavy atom. The van der Waals surface area contributed by atoms with Gasteiger partial charge in [-0.15, -0.1) is 0 Å². The number of pyridine rings is 1. The lowest BCUT2D eigenvalue weighted by atomic mass is 10.1. The fraction of sp³-hybridized carbons (Fsp3) is 0.190. The van der Waals surface area contributed by atoms with Gasteiger partial charge in [-0.05, 0) is 18.2 Å². The van der Waals surface area contributed by atoms with Crippen molar-refractivity contribution in [3.8, 4) is 11.3 Å². The molecule has 3 aromatic rings. The van der Waals surface area contributed by atoms with Crippen LogP contribution in [0.15, 0.2) is 48.9 Å². The first-order chi connectivity index (χ1) is 15.0. The minimum atomic E-state index is -0.555. The molecule has 1 aliphatic rings. The van der Waals surface area contributed by atoms with Gasteiger partial charge in [-0.25, -0.2) is 9.97 Å². The number of hydrogen-bond donors (Lipinski definition) is 4. The second kappa shape index (κ2) is 8.76. The summed E-state index contributed by atoms with van der Waals surface area (Å²) in [5.41, 5.74) is 14.0. The number of anilines is 3. The summed E-state index contributed by atoms with van der Waals surface area (Å²) < 4.78 is 0. The average Bonchev–Trinajstić information content (AvgIpc) is 2.80. The predicted molar refractivity (Wildman–Crippen MR) is 118 cm³/mol. The molecule has 1 aromatic carbocycles. The Kier molecular flexibility index (Phi) is 5.72. The van der Waals surface area contributed by atoms with E-state index in [0.717, 1.165) is 31.9 Å². The van der Waals surface area contributed by atoms with Crippen LogP contribution in [0.1, 0.15) is 20.8 Å². The van der Waals surface area contributed by atoms with E-state index in [4.69, 9.17) is 11.5 Å². The molecule has 158 valence electrons. The summed E-state index contributed by atoms with van der Waals surface area (Å²) in [7, 11) is 0. The first-order valence-electron chi connectivity index (χ1n) is 9.76. The molecular weight excluding hydrogens is 396 g/mol. The van der Waals surface area contributed by atoms with E-state index in [-0.39, 0.29) is 11.5 Å². The second-order valence-corrected chi connectivity index (χ2v) is 7.02. The van der Waals surface area contributed by atoms with Gasteiger partial charge in [0.2, 0.25) is 5.91 Å². The summed E-state index contributed by atoms with van der Waals surface area (Å²) in [6.07, 6.45) is 4.73. The summed E-state index contributed by atoms with van der Waals surface area (Å²) in [4.78, 5) is 39.3. The number of rotatable bonds is 5. The molecule has 1 saturated heterocycles. The van der Waals surface area contributed by atoms with Crippen LogP contribution in [0.5, 0.6) is 0 Å². The number of nitrogen functional groups attached to an aromatic ring is 1. The van der Waals surface area contributed by atoms with Crippen molar-refractivity contribution in [3.63, 3.8) is 0 Å². The predicted octanol–water partition coefficient (Wildman–Crippen LogP) is 0.882. The smallest absolute Gasteiger partial charge is 0.278 e. The van der Waals surface area contributed by atoms with Crippen molar-refractivity contribution in [2.24, 2.45) is 5.73 Å². The lowest BCUT2D eigenvalue weighted by molar-refractivity contribution is 0.0997. The van der Waals surface area contributed by atoms with Crippen LogP contribution in [-0.2, 0) is 0 Å². The topological polar surface area (TPSA) is 152 Å². The Labute approximate surface area is 178 Å². The number of hydrogen-bond acceptors (Lipinski definition) is 8. The monoisotopic (exact) mass is 418 g/mol. The number of nitrogens with two attached hydrogens (primary N) is 2. The number of benzene rings is 1. The molecule has 4 rings (SSSR count). The Balaban J connectivity index is 1.62. The van der Waals surface area contributed by atoms with Crippen molar-refractivity contribution in [1.29, 1.82) is 0 Å². The van der Waals surface area contributed by atoms with E-state index < -0.39 is 11.8 Å². The van der Waals surface area contributed by atoms with Crippen molar-refractivity contribution in [1.82, 2.24) is 20.3 Å². The third kappa shape index (κ3) is 4.43. The van der Waals surface area contributed by atoms with Gasteiger partial charge in [-0.3, -0.25) is 14.6 Å². The normalized spacial score (nSPS) is 13.6. The Hall–Kier alpha value is -4.05. The molecular formula is C21H22N8O2. The van der Waals surface area contributed by atoms with E-state index in [9.17, 15) is 9.59 Å². The number of carbonyl (C=O) groups excluding carboxylic acids is 2. The maximum Gasteiger partial charge on any atom is 0.278 e. The molecule has 0 aliphatic carbocycles. The van der Waals surface area contributed by atoms with Gasteiger partial charge in [-0.2, -0.15) is 0 Å². The minimum absolute atomic E-state index is 0.0000753. The molecule has 0 atom stereocenters. The number of piperazine rings is 1. The van der Waals surface area contributed by atoms with Crippen molar-refractivity contribution >= 4 is 29.0 Å². The quantitative estimate of drug-likeness (QED) is 0.476. The number of amides is 2. The fourth-order valence-corrected chi connectivity index (χ4v) is 3.38. The molecule has 0 unspecified atom stereocenters.